The molecule has 0 spiro atoms. The van der Waals surface area contributed by atoms with E-state index in [2.05, 4.69) is 5.32 Å². The molecule has 0 heterocycles. The Morgan fingerprint density at radius 2 is 1.74 bits per heavy atom. The lowest BCUT2D eigenvalue weighted by atomic mass is 10.1. The molecule has 1 amide bonds. The van der Waals surface area contributed by atoms with Gasteiger partial charge in [-0.2, -0.15) is 0 Å². The monoisotopic (exact) mass is 421 g/mol. The van der Waals surface area contributed by atoms with E-state index in [1.54, 1.807) is 31.4 Å². The van der Waals surface area contributed by atoms with Gasteiger partial charge in [-0.3, -0.25) is 4.79 Å². The zero-order valence-electron chi connectivity index (χ0n) is 16.7. The minimum atomic E-state index is -1.34. The zero-order chi connectivity index (χ0) is 22.2. The summed E-state index contributed by atoms with van der Waals surface area (Å²) in [6, 6.07) is 19.5. The largest absolute Gasteiger partial charge is 0.497 e. The second kappa shape index (κ2) is 10.1. The maximum Gasteiger partial charge on any atom is 0.352 e. The molecule has 6 nitrogen and oxygen atoms in total. The molecule has 0 saturated carbocycles. The van der Waals surface area contributed by atoms with E-state index in [1.165, 1.54) is 24.3 Å². The Labute approximate surface area is 178 Å². The number of methoxy groups -OCH3 is 1. The molecule has 0 radical (unpaired) electrons. The van der Waals surface area contributed by atoms with Crippen molar-refractivity contribution in [1.29, 1.82) is 0 Å². The Kier molecular flexibility index (Phi) is 7.01. The summed E-state index contributed by atoms with van der Waals surface area (Å²) in [5.41, 5.74) is 0.849. The highest BCUT2D eigenvalue weighted by Gasteiger charge is 2.16. The van der Waals surface area contributed by atoms with Crippen LogP contribution in [0.25, 0.3) is 6.08 Å². The molecule has 0 saturated heterocycles. The van der Waals surface area contributed by atoms with Gasteiger partial charge in [-0.05, 0) is 53.6 Å². The molecule has 7 heteroatoms. The number of carboxylic acids is 1. The number of amides is 1. The first-order chi connectivity index (χ1) is 15.0. The molecule has 2 N–H and O–H groups in total. The van der Waals surface area contributed by atoms with E-state index in [0.29, 0.717) is 17.9 Å². The van der Waals surface area contributed by atoms with Crippen LogP contribution in [0, 0.1) is 5.82 Å². The quantitative estimate of drug-likeness (QED) is 0.531. The first-order valence-corrected chi connectivity index (χ1v) is 9.33. The van der Waals surface area contributed by atoms with Crippen molar-refractivity contribution in [1.82, 2.24) is 5.32 Å². The van der Waals surface area contributed by atoms with Crippen LogP contribution in [0.4, 0.5) is 4.39 Å². The van der Waals surface area contributed by atoms with Crippen molar-refractivity contribution >= 4 is 18.0 Å². The summed E-state index contributed by atoms with van der Waals surface area (Å²) in [5.74, 6) is -1.59. The standard InChI is InChI=1S/C24H20FNO5/c1-30-19-6-4-5-17(13-19)15-31-18-11-9-16(10-12-18)14-22(24(28)29)26-23(27)20-7-2-3-8-21(20)25/h2-14H,15H2,1H3,(H,26,27)(H,28,29)/b22-14+. The van der Waals surface area contributed by atoms with Crippen molar-refractivity contribution in [2.24, 2.45) is 0 Å². The van der Waals surface area contributed by atoms with Gasteiger partial charge < -0.3 is 19.9 Å². The van der Waals surface area contributed by atoms with E-state index in [-0.39, 0.29) is 11.3 Å². The van der Waals surface area contributed by atoms with Crippen molar-refractivity contribution in [3.63, 3.8) is 0 Å². The van der Waals surface area contributed by atoms with Gasteiger partial charge in [-0.1, -0.05) is 36.4 Å². The number of ether oxygens (including phenoxy) is 2. The lowest BCUT2D eigenvalue weighted by molar-refractivity contribution is -0.132. The number of carbonyl (C=O) groups excluding carboxylic acids is 1. The highest BCUT2D eigenvalue weighted by Crippen LogP contribution is 2.18. The van der Waals surface area contributed by atoms with Gasteiger partial charge in [0.15, 0.2) is 0 Å². The summed E-state index contributed by atoms with van der Waals surface area (Å²) in [7, 11) is 1.59. The molecule has 0 aliphatic rings. The third-order valence-electron chi connectivity index (χ3n) is 4.33. The first-order valence-electron chi connectivity index (χ1n) is 9.33. The SMILES string of the molecule is COc1cccc(COc2ccc(/C=C(/NC(=O)c3ccccc3F)C(=O)O)cc2)c1. The topological polar surface area (TPSA) is 84.9 Å². The van der Waals surface area contributed by atoms with Crippen LogP contribution >= 0.6 is 0 Å². The average molecular weight is 421 g/mol. The van der Waals surface area contributed by atoms with Crippen molar-refractivity contribution < 1.29 is 28.6 Å². The lowest BCUT2D eigenvalue weighted by Crippen LogP contribution is -2.27. The highest BCUT2D eigenvalue weighted by atomic mass is 19.1. The summed E-state index contributed by atoms with van der Waals surface area (Å²) in [5, 5.41) is 11.6. The predicted molar refractivity (Wildman–Crippen MR) is 113 cm³/mol. The van der Waals surface area contributed by atoms with Crippen molar-refractivity contribution in [3.8, 4) is 11.5 Å². The van der Waals surface area contributed by atoms with Crippen LogP contribution < -0.4 is 14.8 Å². The molecule has 0 fully saturated rings. The molecule has 0 atom stereocenters. The zero-order valence-corrected chi connectivity index (χ0v) is 16.7. The maximum absolute atomic E-state index is 13.8. The summed E-state index contributed by atoms with van der Waals surface area (Å²) in [6.45, 7) is 0.339. The van der Waals surface area contributed by atoms with Crippen LogP contribution in [0.2, 0.25) is 0 Å². The minimum absolute atomic E-state index is 0.240. The fourth-order valence-electron chi connectivity index (χ4n) is 2.74. The smallest absolute Gasteiger partial charge is 0.352 e. The number of rotatable bonds is 8. The molecule has 0 aromatic heterocycles. The molecule has 0 unspecified atom stereocenters. The molecule has 3 aromatic rings. The number of carbonyl (C=O) groups is 2. The van der Waals surface area contributed by atoms with E-state index >= 15 is 0 Å². The van der Waals surface area contributed by atoms with Gasteiger partial charge in [-0.25, -0.2) is 9.18 Å². The Hall–Kier alpha value is -4.13. The normalized spacial score (nSPS) is 11.0. The molecule has 31 heavy (non-hydrogen) atoms. The van der Waals surface area contributed by atoms with Crippen LogP contribution in [0.15, 0.2) is 78.5 Å². The molecule has 0 bridgehead atoms. The molecule has 0 aliphatic heterocycles. The number of benzene rings is 3. The summed E-state index contributed by atoms with van der Waals surface area (Å²) >= 11 is 0. The van der Waals surface area contributed by atoms with Gasteiger partial charge in [0.25, 0.3) is 5.91 Å². The predicted octanol–water partition coefficient (Wildman–Crippen LogP) is 4.27. The fourth-order valence-corrected chi connectivity index (χ4v) is 2.74. The maximum atomic E-state index is 13.8. The van der Waals surface area contributed by atoms with Crippen LogP contribution in [0.3, 0.4) is 0 Å². The summed E-state index contributed by atoms with van der Waals surface area (Å²) in [6.07, 6.45) is 1.28. The second-order valence-electron chi connectivity index (χ2n) is 6.51. The van der Waals surface area contributed by atoms with Gasteiger partial charge in [-0.15, -0.1) is 0 Å². The highest BCUT2D eigenvalue weighted by molar-refractivity contribution is 6.02. The molecule has 158 valence electrons. The molecule has 0 aliphatic carbocycles. The number of carboxylic acid groups (broad SMARTS) is 1. The number of aliphatic carboxylic acids is 1. The van der Waals surface area contributed by atoms with Gasteiger partial charge in [0.05, 0.1) is 12.7 Å². The molecular formula is C24H20FNO5. The van der Waals surface area contributed by atoms with Crippen molar-refractivity contribution in [2.75, 3.05) is 7.11 Å². The Morgan fingerprint density at radius 3 is 2.42 bits per heavy atom. The van der Waals surface area contributed by atoms with Crippen molar-refractivity contribution in [3.05, 3.63) is 101 Å². The molecule has 3 rings (SSSR count). The van der Waals surface area contributed by atoms with E-state index in [9.17, 15) is 19.1 Å². The van der Waals surface area contributed by atoms with Crippen LogP contribution in [0.5, 0.6) is 11.5 Å². The van der Waals surface area contributed by atoms with Crippen molar-refractivity contribution in [2.45, 2.75) is 6.61 Å². The first kappa shape index (κ1) is 21.6. The summed E-state index contributed by atoms with van der Waals surface area (Å²) < 4.78 is 24.7. The lowest BCUT2D eigenvalue weighted by Gasteiger charge is -2.09. The van der Waals surface area contributed by atoms with E-state index in [4.69, 9.17) is 9.47 Å². The van der Waals surface area contributed by atoms with Crippen LogP contribution in [0.1, 0.15) is 21.5 Å². The Morgan fingerprint density at radius 1 is 1.00 bits per heavy atom. The summed E-state index contributed by atoms with van der Waals surface area (Å²) in [4.78, 5) is 23.7. The van der Waals surface area contributed by atoms with E-state index in [1.807, 2.05) is 24.3 Å². The van der Waals surface area contributed by atoms with Gasteiger partial charge in [0, 0.05) is 0 Å². The Bertz CT molecular complexity index is 1110. The molecule has 3 aromatic carbocycles. The van der Waals surface area contributed by atoms with Gasteiger partial charge in [0.2, 0.25) is 0 Å². The number of nitrogens with one attached hydrogen (secondary N) is 1. The van der Waals surface area contributed by atoms with Crippen LogP contribution in [-0.2, 0) is 11.4 Å². The average Bonchev–Trinajstić information content (AvgIpc) is 2.78. The van der Waals surface area contributed by atoms with Gasteiger partial charge >= 0.3 is 5.97 Å². The third kappa shape index (κ3) is 5.93. The Balaban J connectivity index is 1.68. The van der Waals surface area contributed by atoms with Gasteiger partial charge in [0.1, 0.15) is 29.6 Å². The number of hydrogen-bond donors (Lipinski definition) is 2. The minimum Gasteiger partial charge on any atom is -0.497 e. The fraction of sp³-hybridized carbons (Fsp3) is 0.0833. The number of halogens is 1. The van der Waals surface area contributed by atoms with E-state index < -0.39 is 17.7 Å². The third-order valence-corrected chi connectivity index (χ3v) is 4.33. The van der Waals surface area contributed by atoms with E-state index in [0.717, 1.165) is 17.4 Å². The van der Waals surface area contributed by atoms with Crippen LogP contribution in [-0.4, -0.2) is 24.1 Å². The second-order valence-corrected chi connectivity index (χ2v) is 6.51. The molecular weight excluding hydrogens is 401 g/mol. The number of hydrogen-bond acceptors (Lipinski definition) is 4.